The van der Waals surface area contributed by atoms with E-state index in [4.69, 9.17) is 11.5 Å². The molecule has 2 heterocycles. The number of aromatic amines is 1. The summed E-state index contributed by atoms with van der Waals surface area (Å²) in [6.07, 6.45) is 7.39. The fourth-order valence-corrected chi connectivity index (χ4v) is 3.39. The number of carbonyl (C=O) groups excluding carboxylic acids is 1. The lowest BCUT2D eigenvalue weighted by Gasteiger charge is -2.29. The van der Waals surface area contributed by atoms with Gasteiger partial charge in [-0.1, -0.05) is 12.8 Å². The molecule has 27 heavy (non-hydrogen) atoms. The minimum absolute atomic E-state index is 0.0677. The van der Waals surface area contributed by atoms with Gasteiger partial charge in [-0.2, -0.15) is 10.1 Å². The second kappa shape index (κ2) is 7.20. The Morgan fingerprint density at radius 2 is 2.07 bits per heavy atom. The summed E-state index contributed by atoms with van der Waals surface area (Å²) < 4.78 is 0. The number of primary amides is 1. The first-order valence-corrected chi connectivity index (χ1v) is 8.99. The fraction of sp³-hybridized carbons (Fsp3) is 0.333. The molecule has 0 aliphatic heterocycles. The van der Waals surface area contributed by atoms with Crippen LogP contribution in [-0.2, 0) is 0 Å². The molecule has 0 spiro atoms. The molecule has 140 valence electrons. The van der Waals surface area contributed by atoms with Crippen LogP contribution in [0.2, 0.25) is 0 Å². The molecule has 3 aromatic rings. The van der Waals surface area contributed by atoms with Crippen LogP contribution < -0.4 is 22.1 Å². The van der Waals surface area contributed by atoms with Gasteiger partial charge in [0.2, 0.25) is 5.95 Å². The Labute approximate surface area is 155 Å². The van der Waals surface area contributed by atoms with E-state index >= 15 is 0 Å². The van der Waals surface area contributed by atoms with Gasteiger partial charge < -0.3 is 22.1 Å². The van der Waals surface area contributed by atoms with E-state index in [1.54, 1.807) is 6.20 Å². The lowest BCUT2D eigenvalue weighted by molar-refractivity contribution is 0.100. The Balaban J connectivity index is 1.61. The smallest absolute Gasteiger partial charge is 0.254 e. The van der Waals surface area contributed by atoms with E-state index in [-0.39, 0.29) is 17.6 Å². The quantitative estimate of drug-likeness (QED) is 0.463. The van der Waals surface area contributed by atoms with E-state index in [0.717, 1.165) is 42.3 Å². The maximum atomic E-state index is 11.8. The van der Waals surface area contributed by atoms with Crippen LogP contribution in [-0.4, -0.2) is 38.2 Å². The maximum Gasteiger partial charge on any atom is 0.254 e. The van der Waals surface area contributed by atoms with Crippen molar-refractivity contribution < 1.29 is 4.79 Å². The number of aromatic nitrogens is 4. The van der Waals surface area contributed by atoms with Crippen LogP contribution in [0, 0.1) is 0 Å². The van der Waals surface area contributed by atoms with Gasteiger partial charge in [-0.3, -0.25) is 9.89 Å². The van der Waals surface area contributed by atoms with E-state index in [2.05, 4.69) is 30.8 Å². The topological polar surface area (TPSA) is 148 Å². The number of hydrogen-bond acceptors (Lipinski definition) is 7. The van der Waals surface area contributed by atoms with Gasteiger partial charge in [0.25, 0.3) is 5.91 Å². The summed E-state index contributed by atoms with van der Waals surface area (Å²) in [5.41, 5.74) is 13.6. The summed E-state index contributed by atoms with van der Waals surface area (Å²) in [6, 6.07) is 5.87. The predicted octanol–water partition coefficient (Wildman–Crippen LogP) is 1.88. The fourth-order valence-electron chi connectivity index (χ4n) is 3.39. The van der Waals surface area contributed by atoms with Gasteiger partial charge in [0.15, 0.2) is 0 Å². The highest BCUT2D eigenvalue weighted by Crippen LogP contribution is 2.24. The third kappa shape index (κ3) is 3.68. The molecule has 2 atom stereocenters. The number of nitrogens with one attached hydrogen (secondary N) is 3. The monoisotopic (exact) mass is 366 g/mol. The van der Waals surface area contributed by atoms with Crippen LogP contribution in [0.3, 0.4) is 0 Å². The average Bonchev–Trinajstić information content (AvgIpc) is 3.11. The number of hydrogen-bond donors (Lipinski definition) is 5. The molecule has 1 aliphatic rings. The molecule has 2 aromatic heterocycles. The zero-order valence-electron chi connectivity index (χ0n) is 14.8. The van der Waals surface area contributed by atoms with Crippen LogP contribution in [0.15, 0.2) is 30.6 Å². The van der Waals surface area contributed by atoms with E-state index in [1.807, 2.05) is 18.2 Å². The lowest BCUT2D eigenvalue weighted by Crippen LogP contribution is -2.43. The number of benzene rings is 1. The van der Waals surface area contributed by atoms with Gasteiger partial charge >= 0.3 is 0 Å². The highest BCUT2D eigenvalue weighted by atomic mass is 16.1. The first-order chi connectivity index (χ1) is 13.1. The summed E-state index contributed by atoms with van der Waals surface area (Å²) in [5, 5.41) is 14.3. The molecule has 1 fully saturated rings. The molecule has 0 saturated heterocycles. The van der Waals surface area contributed by atoms with Crippen molar-refractivity contribution in [2.24, 2.45) is 11.5 Å². The third-order valence-corrected chi connectivity index (χ3v) is 4.89. The number of nitrogens with two attached hydrogens (primary N) is 2. The highest BCUT2D eigenvalue weighted by Gasteiger charge is 2.23. The molecule has 0 unspecified atom stereocenters. The van der Waals surface area contributed by atoms with Gasteiger partial charge in [0.05, 0.1) is 11.7 Å². The molecule has 1 saturated carbocycles. The normalized spacial score (nSPS) is 19.7. The van der Waals surface area contributed by atoms with Gasteiger partial charge in [0, 0.05) is 29.4 Å². The molecular formula is C18H22N8O. The number of H-pyrrole nitrogens is 1. The van der Waals surface area contributed by atoms with Crippen LogP contribution in [0.5, 0.6) is 0 Å². The first kappa shape index (κ1) is 17.2. The highest BCUT2D eigenvalue weighted by molar-refractivity contribution is 5.98. The molecule has 9 nitrogen and oxygen atoms in total. The minimum Gasteiger partial charge on any atom is -0.365 e. The third-order valence-electron chi connectivity index (χ3n) is 4.89. The second-order valence-electron chi connectivity index (χ2n) is 6.82. The largest absolute Gasteiger partial charge is 0.365 e. The zero-order valence-corrected chi connectivity index (χ0v) is 14.8. The summed E-state index contributed by atoms with van der Waals surface area (Å²) in [5.74, 6) is 0.185. The molecule has 4 rings (SSSR count). The molecule has 1 aliphatic carbocycles. The Morgan fingerprint density at radius 1 is 1.22 bits per heavy atom. The van der Waals surface area contributed by atoms with Crippen molar-refractivity contribution in [2.45, 2.75) is 37.8 Å². The Kier molecular flexibility index (Phi) is 4.59. The van der Waals surface area contributed by atoms with E-state index in [1.165, 1.54) is 6.20 Å². The molecule has 0 radical (unpaired) electrons. The zero-order chi connectivity index (χ0) is 18.8. The van der Waals surface area contributed by atoms with Crippen LogP contribution >= 0.6 is 0 Å². The molecule has 9 heteroatoms. The van der Waals surface area contributed by atoms with Crippen LogP contribution in [0.25, 0.3) is 10.9 Å². The van der Waals surface area contributed by atoms with Gasteiger partial charge in [-0.15, -0.1) is 0 Å². The van der Waals surface area contributed by atoms with Crippen molar-refractivity contribution in [1.82, 2.24) is 20.2 Å². The van der Waals surface area contributed by atoms with E-state index in [0.29, 0.717) is 11.8 Å². The Morgan fingerprint density at radius 3 is 2.89 bits per heavy atom. The number of rotatable bonds is 5. The molecule has 1 aromatic carbocycles. The number of amides is 1. The van der Waals surface area contributed by atoms with E-state index in [9.17, 15) is 4.79 Å². The van der Waals surface area contributed by atoms with E-state index < -0.39 is 5.91 Å². The van der Waals surface area contributed by atoms with Crippen molar-refractivity contribution in [3.05, 3.63) is 36.2 Å². The maximum absolute atomic E-state index is 11.8. The standard InChI is InChI=1S/C18H22N8O/c19-13-3-1-2-4-15(13)24-18-21-9-12(16(20)27)17(25-18)23-11-5-6-14-10(7-11)8-22-26-14/h5-9,13,15H,1-4,19H2,(H2,20,27)(H,22,26)(H2,21,23,24,25)/t13-,15+/m0/s1. The van der Waals surface area contributed by atoms with Crippen molar-refractivity contribution in [3.8, 4) is 0 Å². The van der Waals surface area contributed by atoms with Crippen LogP contribution in [0.4, 0.5) is 17.5 Å². The second-order valence-corrected chi connectivity index (χ2v) is 6.82. The first-order valence-electron chi connectivity index (χ1n) is 8.99. The lowest BCUT2D eigenvalue weighted by atomic mass is 9.91. The Hall–Kier alpha value is -3.20. The SMILES string of the molecule is NC(=O)c1cnc(N[C@@H]2CCCC[C@@H]2N)nc1Nc1ccc2[nH]ncc2c1. The van der Waals surface area contributed by atoms with Gasteiger partial charge in [-0.05, 0) is 31.0 Å². The number of fused-ring (bicyclic) bond motifs is 1. The van der Waals surface area contributed by atoms with Crippen molar-refractivity contribution >= 4 is 34.3 Å². The Bertz CT molecular complexity index is 969. The summed E-state index contributed by atoms with van der Waals surface area (Å²) >= 11 is 0. The molecule has 0 bridgehead atoms. The number of anilines is 3. The summed E-state index contributed by atoms with van der Waals surface area (Å²) in [6.45, 7) is 0. The molecule has 1 amide bonds. The number of carbonyl (C=O) groups is 1. The van der Waals surface area contributed by atoms with Gasteiger partial charge in [0.1, 0.15) is 11.4 Å². The molecular weight excluding hydrogens is 344 g/mol. The summed E-state index contributed by atoms with van der Waals surface area (Å²) in [4.78, 5) is 20.5. The van der Waals surface area contributed by atoms with Crippen molar-refractivity contribution in [3.63, 3.8) is 0 Å². The minimum atomic E-state index is -0.595. The summed E-state index contributed by atoms with van der Waals surface area (Å²) in [7, 11) is 0. The number of nitrogens with zero attached hydrogens (tertiary/aromatic N) is 3. The van der Waals surface area contributed by atoms with Gasteiger partial charge in [-0.25, -0.2) is 4.98 Å². The predicted molar refractivity (Wildman–Crippen MR) is 104 cm³/mol. The molecule has 7 N–H and O–H groups in total. The van der Waals surface area contributed by atoms with Crippen molar-refractivity contribution in [2.75, 3.05) is 10.6 Å². The van der Waals surface area contributed by atoms with Crippen LogP contribution in [0.1, 0.15) is 36.0 Å². The average molecular weight is 366 g/mol. The van der Waals surface area contributed by atoms with Crippen molar-refractivity contribution in [1.29, 1.82) is 0 Å².